The van der Waals surface area contributed by atoms with E-state index in [1.807, 2.05) is 0 Å². The molecule has 0 heterocycles. The van der Waals surface area contributed by atoms with E-state index in [0.29, 0.717) is 12.8 Å². The van der Waals surface area contributed by atoms with Gasteiger partial charge in [-0.2, -0.15) is 0 Å². The fraction of sp³-hybridized carbons (Fsp3) is 0.955. The van der Waals surface area contributed by atoms with Crippen LogP contribution >= 0.6 is 0 Å². The smallest absolute Gasteiger partial charge is 0.220 e. The van der Waals surface area contributed by atoms with Gasteiger partial charge in [-0.1, -0.05) is 84.0 Å². The van der Waals surface area contributed by atoms with Crippen molar-refractivity contribution in [2.45, 2.75) is 121 Å². The molecule has 0 aromatic carbocycles. The van der Waals surface area contributed by atoms with Crippen molar-refractivity contribution in [3.63, 3.8) is 0 Å². The standard InChI is InChI=1S/C22H45NO5/c1-2-3-4-5-6-7-8-9-10-11-12-13-15-20(26)22(28)19(18-25)23-21(27)16-14-17-24/h19-20,22,24-26,28H,2-18H2,1H3,(H,23,27)/t19-,20+,22-/m0/s1. The Labute approximate surface area is 171 Å². The Hall–Kier alpha value is -0.690. The maximum absolute atomic E-state index is 11.6. The van der Waals surface area contributed by atoms with E-state index in [0.717, 1.165) is 19.3 Å². The number of aliphatic hydroxyl groups excluding tert-OH is 4. The van der Waals surface area contributed by atoms with Crippen LogP contribution in [0.25, 0.3) is 0 Å². The maximum Gasteiger partial charge on any atom is 0.220 e. The number of carbonyl (C=O) groups is 1. The number of unbranched alkanes of at least 4 members (excludes halogenated alkanes) is 11. The van der Waals surface area contributed by atoms with Gasteiger partial charge in [0.2, 0.25) is 5.91 Å². The Kier molecular flexibility index (Phi) is 19.1. The summed E-state index contributed by atoms with van der Waals surface area (Å²) in [5.74, 6) is -0.343. The Morgan fingerprint density at radius 3 is 1.75 bits per heavy atom. The molecule has 28 heavy (non-hydrogen) atoms. The van der Waals surface area contributed by atoms with E-state index in [9.17, 15) is 20.1 Å². The summed E-state index contributed by atoms with van der Waals surface area (Å²) < 4.78 is 0. The zero-order valence-corrected chi connectivity index (χ0v) is 17.9. The lowest BCUT2D eigenvalue weighted by Gasteiger charge is -2.26. The van der Waals surface area contributed by atoms with Crippen LogP contribution in [0.2, 0.25) is 0 Å². The molecular formula is C22H45NO5. The molecule has 0 aliphatic carbocycles. The quantitative estimate of drug-likeness (QED) is 0.201. The third-order valence-electron chi connectivity index (χ3n) is 5.26. The van der Waals surface area contributed by atoms with Gasteiger partial charge in [-0.3, -0.25) is 4.79 Å². The lowest BCUT2D eigenvalue weighted by molar-refractivity contribution is -0.124. The van der Waals surface area contributed by atoms with Gasteiger partial charge in [0.15, 0.2) is 0 Å². The summed E-state index contributed by atoms with van der Waals surface area (Å²) in [5.41, 5.74) is 0. The normalized spacial score (nSPS) is 14.6. The minimum absolute atomic E-state index is 0.0820. The molecule has 0 aliphatic heterocycles. The van der Waals surface area contributed by atoms with Gasteiger partial charge in [-0.05, 0) is 12.8 Å². The average molecular weight is 404 g/mol. The molecule has 0 aliphatic rings. The molecule has 0 aromatic heterocycles. The van der Waals surface area contributed by atoms with E-state index in [2.05, 4.69) is 12.2 Å². The SMILES string of the molecule is CCCCCCCCCCCCCC[C@@H](O)[C@@H](O)[C@H](CO)NC(=O)CCCO. The van der Waals surface area contributed by atoms with Gasteiger partial charge in [0, 0.05) is 13.0 Å². The van der Waals surface area contributed by atoms with Crippen molar-refractivity contribution in [2.24, 2.45) is 0 Å². The molecule has 0 spiro atoms. The highest BCUT2D eigenvalue weighted by Gasteiger charge is 2.26. The second-order valence-electron chi connectivity index (χ2n) is 7.92. The van der Waals surface area contributed by atoms with Crippen LogP contribution in [0, 0.1) is 0 Å². The van der Waals surface area contributed by atoms with Gasteiger partial charge in [0.1, 0.15) is 6.10 Å². The van der Waals surface area contributed by atoms with E-state index in [1.165, 1.54) is 57.8 Å². The Balaban J connectivity index is 3.70. The molecule has 5 N–H and O–H groups in total. The molecule has 0 aromatic rings. The van der Waals surface area contributed by atoms with Gasteiger partial charge in [-0.15, -0.1) is 0 Å². The molecular weight excluding hydrogens is 358 g/mol. The Morgan fingerprint density at radius 1 is 0.786 bits per heavy atom. The van der Waals surface area contributed by atoms with Gasteiger partial charge in [-0.25, -0.2) is 0 Å². The molecule has 0 radical (unpaired) electrons. The summed E-state index contributed by atoms with van der Waals surface area (Å²) in [4.78, 5) is 11.6. The molecule has 0 rings (SSSR count). The number of hydrogen-bond acceptors (Lipinski definition) is 5. The minimum Gasteiger partial charge on any atom is -0.396 e. The molecule has 3 atom stereocenters. The van der Waals surface area contributed by atoms with Crippen LogP contribution in [-0.4, -0.2) is 57.8 Å². The number of hydrogen-bond donors (Lipinski definition) is 5. The second-order valence-corrected chi connectivity index (χ2v) is 7.92. The molecule has 1 amide bonds. The summed E-state index contributed by atoms with van der Waals surface area (Å²) in [6, 6.07) is -0.876. The molecule has 6 heteroatoms. The van der Waals surface area contributed by atoms with E-state index in [1.54, 1.807) is 0 Å². The Morgan fingerprint density at radius 2 is 1.29 bits per heavy atom. The highest BCUT2D eigenvalue weighted by atomic mass is 16.3. The molecule has 0 saturated heterocycles. The lowest BCUT2D eigenvalue weighted by atomic mass is 9.99. The van der Waals surface area contributed by atoms with E-state index < -0.39 is 24.9 Å². The lowest BCUT2D eigenvalue weighted by Crippen LogP contribution is -2.50. The highest BCUT2D eigenvalue weighted by Crippen LogP contribution is 2.14. The van der Waals surface area contributed by atoms with Gasteiger partial charge in [0.25, 0.3) is 0 Å². The van der Waals surface area contributed by atoms with Crippen LogP contribution in [-0.2, 0) is 4.79 Å². The third kappa shape index (κ3) is 15.3. The molecule has 6 nitrogen and oxygen atoms in total. The van der Waals surface area contributed by atoms with Crippen LogP contribution in [0.5, 0.6) is 0 Å². The first-order chi connectivity index (χ1) is 13.6. The van der Waals surface area contributed by atoms with Crippen molar-refractivity contribution < 1.29 is 25.2 Å². The van der Waals surface area contributed by atoms with Crippen LogP contribution in [0.4, 0.5) is 0 Å². The maximum atomic E-state index is 11.6. The first-order valence-electron chi connectivity index (χ1n) is 11.4. The van der Waals surface area contributed by atoms with Crippen molar-refractivity contribution >= 4 is 5.91 Å². The Bertz CT molecular complexity index is 354. The number of carbonyl (C=O) groups excluding carboxylic acids is 1. The van der Waals surface area contributed by atoms with Crippen molar-refractivity contribution in [1.29, 1.82) is 0 Å². The highest BCUT2D eigenvalue weighted by molar-refractivity contribution is 5.76. The summed E-state index contributed by atoms with van der Waals surface area (Å²) in [7, 11) is 0. The zero-order chi connectivity index (χ0) is 21.0. The van der Waals surface area contributed by atoms with Crippen molar-refractivity contribution in [1.82, 2.24) is 5.32 Å². The molecule has 0 fully saturated rings. The number of nitrogens with one attached hydrogen (secondary N) is 1. The van der Waals surface area contributed by atoms with Crippen LogP contribution in [0.15, 0.2) is 0 Å². The summed E-state index contributed by atoms with van der Waals surface area (Å²) >= 11 is 0. The summed E-state index contributed by atoms with van der Waals surface area (Å²) in [6.45, 7) is 1.73. The molecule has 0 bridgehead atoms. The fourth-order valence-electron chi connectivity index (χ4n) is 3.39. The average Bonchev–Trinajstić information content (AvgIpc) is 2.70. The monoisotopic (exact) mass is 403 g/mol. The van der Waals surface area contributed by atoms with Crippen molar-refractivity contribution in [3.05, 3.63) is 0 Å². The van der Waals surface area contributed by atoms with E-state index in [4.69, 9.17) is 5.11 Å². The van der Waals surface area contributed by atoms with Gasteiger partial charge < -0.3 is 25.7 Å². The van der Waals surface area contributed by atoms with Crippen LogP contribution < -0.4 is 5.32 Å². The zero-order valence-electron chi connectivity index (χ0n) is 17.9. The predicted molar refractivity (Wildman–Crippen MR) is 113 cm³/mol. The van der Waals surface area contributed by atoms with Gasteiger partial charge >= 0.3 is 0 Å². The van der Waals surface area contributed by atoms with Crippen LogP contribution in [0.1, 0.15) is 103 Å². The molecule has 0 unspecified atom stereocenters. The predicted octanol–water partition coefficient (Wildman–Crippen LogP) is 3.05. The van der Waals surface area contributed by atoms with Crippen LogP contribution in [0.3, 0.4) is 0 Å². The second kappa shape index (κ2) is 19.6. The summed E-state index contributed by atoms with van der Waals surface area (Å²) in [6.07, 6.45) is 13.6. The molecule has 168 valence electrons. The van der Waals surface area contributed by atoms with Crippen molar-refractivity contribution in [2.75, 3.05) is 13.2 Å². The summed E-state index contributed by atoms with van der Waals surface area (Å²) in [5, 5.41) is 40.9. The minimum atomic E-state index is -1.18. The van der Waals surface area contributed by atoms with Crippen molar-refractivity contribution in [3.8, 4) is 0 Å². The number of amides is 1. The number of rotatable bonds is 20. The van der Waals surface area contributed by atoms with E-state index >= 15 is 0 Å². The van der Waals surface area contributed by atoms with E-state index in [-0.39, 0.29) is 18.9 Å². The third-order valence-corrected chi connectivity index (χ3v) is 5.26. The topological polar surface area (TPSA) is 110 Å². The molecule has 0 saturated carbocycles. The number of aliphatic hydroxyl groups is 4. The van der Waals surface area contributed by atoms with Gasteiger partial charge in [0.05, 0.1) is 18.8 Å². The first-order valence-corrected chi connectivity index (χ1v) is 11.4. The first kappa shape index (κ1) is 27.3. The largest absolute Gasteiger partial charge is 0.396 e. The fourth-order valence-corrected chi connectivity index (χ4v) is 3.39.